The van der Waals surface area contributed by atoms with Gasteiger partial charge in [-0.2, -0.15) is 0 Å². The van der Waals surface area contributed by atoms with Crippen molar-refractivity contribution in [3.05, 3.63) is 29.8 Å². The van der Waals surface area contributed by atoms with Gasteiger partial charge in [-0.1, -0.05) is 12.1 Å². The van der Waals surface area contributed by atoms with Gasteiger partial charge in [-0.15, -0.1) is 0 Å². The van der Waals surface area contributed by atoms with Gasteiger partial charge in [-0.3, -0.25) is 9.59 Å². The second-order valence-electron chi connectivity index (χ2n) is 6.56. The van der Waals surface area contributed by atoms with Crippen molar-refractivity contribution in [2.75, 3.05) is 11.9 Å². The van der Waals surface area contributed by atoms with Gasteiger partial charge in [0.25, 0.3) is 0 Å². The fraction of sp³-hybridized carbons (Fsp3) is 0.556. The molecule has 2 rings (SSSR count). The molecule has 1 aromatic rings. The van der Waals surface area contributed by atoms with E-state index in [1.807, 2.05) is 0 Å². The van der Waals surface area contributed by atoms with E-state index in [0.717, 1.165) is 5.56 Å². The summed E-state index contributed by atoms with van der Waals surface area (Å²) in [5, 5.41) is 49.9. The molecule has 150 valence electrons. The Morgan fingerprint density at radius 2 is 1.63 bits per heavy atom. The predicted molar refractivity (Wildman–Crippen MR) is 94.0 cm³/mol. The summed E-state index contributed by atoms with van der Waals surface area (Å²) in [4.78, 5) is 22.7. The smallest absolute Gasteiger partial charge is 0.303 e. The number of carbonyl (C=O) groups is 2. The molecule has 5 atom stereocenters. The van der Waals surface area contributed by atoms with E-state index in [1.165, 1.54) is 0 Å². The van der Waals surface area contributed by atoms with Crippen LogP contribution in [0.5, 0.6) is 0 Å². The maximum Gasteiger partial charge on any atom is 0.303 e. The Bertz CT molecular complexity index is 633. The van der Waals surface area contributed by atoms with Gasteiger partial charge in [0.05, 0.1) is 19.1 Å². The fourth-order valence-corrected chi connectivity index (χ4v) is 2.94. The number of hydrogen-bond acceptors (Lipinski definition) is 7. The molecular weight excluding hydrogens is 358 g/mol. The number of hydrogen-bond donors (Lipinski definition) is 6. The van der Waals surface area contributed by atoms with Gasteiger partial charge >= 0.3 is 5.97 Å². The lowest BCUT2D eigenvalue weighted by molar-refractivity contribution is -0.229. The Hall–Kier alpha value is -2.04. The first-order valence-corrected chi connectivity index (χ1v) is 8.73. The first kappa shape index (κ1) is 21.3. The van der Waals surface area contributed by atoms with Crippen LogP contribution in [0, 0.1) is 0 Å². The van der Waals surface area contributed by atoms with Crippen molar-refractivity contribution < 1.29 is 39.9 Å². The molecule has 0 aromatic heterocycles. The number of anilines is 1. The third-order valence-corrected chi connectivity index (χ3v) is 4.47. The van der Waals surface area contributed by atoms with Gasteiger partial charge in [-0.05, 0) is 30.5 Å². The third kappa shape index (κ3) is 5.98. The molecule has 0 saturated carbocycles. The Labute approximate surface area is 156 Å². The van der Waals surface area contributed by atoms with Crippen LogP contribution in [-0.2, 0) is 20.7 Å². The SMILES string of the molecule is O=C(O)CCCc1ccc(NC(=O)CC2OC(CO)C(O)C(O)C2O)cc1. The van der Waals surface area contributed by atoms with Crippen molar-refractivity contribution in [1.29, 1.82) is 0 Å². The number of aliphatic hydroxyl groups excluding tert-OH is 4. The Balaban J connectivity index is 1.86. The van der Waals surface area contributed by atoms with Crippen molar-refractivity contribution in [3.8, 4) is 0 Å². The lowest BCUT2D eigenvalue weighted by Crippen LogP contribution is -2.59. The minimum atomic E-state index is -1.52. The molecule has 1 amide bonds. The lowest BCUT2D eigenvalue weighted by Gasteiger charge is -2.39. The molecule has 1 aromatic carbocycles. The second kappa shape index (κ2) is 9.77. The van der Waals surface area contributed by atoms with Crippen LogP contribution in [-0.4, -0.2) is 74.5 Å². The van der Waals surface area contributed by atoms with E-state index in [4.69, 9.17) is 14.9 Å². The van der Waals surface area contributed by atoms with E-state index in [2.05, 4.69) is 5.32 Å². The molecule has 27 heavy (non-hydrogen) atoms. The highest BCUT2D eigenvalue weighted by Gasteiger charge is 2.43. The number of amides is 1. The fourth-order valence-electron chi connectivity index (χ4n) is 2.94. The van der Waals surface area contributed by atoms with E-state index in [1.54, 1.807) is 24.3 Å². The number of aliphatic carboxylic acids is 1. The monoisotopic (exact) mass is 383 g/mol. The second-order valence-corrected chi connectivity index (χ2v) is 6.56. The van der Waals surface area contributed by atoms with Gasteiger partial charge in [-0.25, -0.2) is 0 Å². The number of ether oxygens (including phenoxy) is 1. The molecule has 1 fully saturated rings. The van der Waals surface area contributed by atoms with Crippen molar-refractivity contribution in [2.24, 2.45) is 0 Å². The van der Waals surface area contributed by atoms with Crippen LogP contribution in [0.3, 0.4) is 0 Å². The molecule has 1 saturated heterocycles. The number of carbonyl (C=O) groups excluding carboxylic acids is 1. The van der Waals surface area contributed by atoms with Crippen molar-refractivity contribution in [1.82, 2.24) is 0 Å². The average molecular weight is 383 g/mol. The van der Waals surface area contributed by atoms with Gasteiger partial charge in [0.2, 0.25) is 5.91 Å². The van der Waals surface area contributed by atoms with Gasteiger partial charge in [0.15, 0.2) is 0 Å². The zero-order chi connectivity index (χ0) is 20.0. The summed E-state index contributed by atoms with van der Waals surface area (Å²) in [6, 6.07) is 6.93. The molecule has 1 aliphatic heterocycles. The van der Waals surface area contributed by atoms with Crippen LogP contribution < -0.4 is 5.32 Å². The van der Waals surface area contributed by atoms with Crippen LogP contribution in [0.1, 0.15) is 24.8 Å². The zero-order valence-electron chi connectivity index (χ0n) is 14.7. The highest BCUT2D eigenvalue weighted by atomic mass is 16.5. The van der Waals surface area contributed by atoms with E-state index in [9.17, 15) is 24.9 Å². The first-order chi connectivity index (χ1) is 12.8. The van der Waals surface area contributed by atoms with E-state index in [0.29, 0.717) is 18.5 Å². The summed E-state index contributed by atoms with van der Waals surface area (Å²) in [5.41, 5.74) is 1.47. The van der Waals surface area contributed by atoms with E-state index < -0.39 is 49.0 Å². The van der Waals surface area contributed by atoms with Crippen molar-refractivity contribution >= 4 is 17.6 Å². The summed E-state index contributed by atoms with van der Waals surface area (Å²) < 4.78 is 5.30. The van der Waals surface area contributed by atoms with Crippen LogP contribution in [0.2, 0.25) is 0 Å². The lowest BCUT2D eigenvalue weighted by atomic mass is 9.93. The molecule has 1 heterocycles. The summed E-state index contributed by atoms with van der Waals surface area (Å²) in [7, 11) is 0. The summed E-state index contributed by atoms with van der Waals surface area (Å²) in [6.07, 6.45) is -5.56. The number of rotatable bonds is 8. The summed E-state index contributed by atoms with van der Waals surface area (Å²) >= 11 is 0. The standard InChI is InChI=1S/C18H25NO8/c20-9-13-17(25)18(26)16(24)12(27-13)8-14(21)19-11-6-4-10(5-7-11)2-1-3-15(22)23/h4-7,12-13,16-18,20,24-26H,1-3,8-9H2,(H,19,21)(H,22,23). The van der Waals surface area contributed by atoms with Crippen LogP contribution in [0.25, 0.3) is 0 Å². The topological polar surface area (TPSA) is 157 Å². The first-order valence-electron chi connectivity index (χ1n) is 8.73. The van der Waals surface area contributed by atoms with Crippen LogP contribution in [0.4, 0.5) is 5.69 Å². The molecule has 9 nitrogen and oxygen atoms in total. The minimum Gasteiger partial charge on any atom is -0.481 e. The predicted octanol–water partition coefficient (Wildman–Crippen LogP) is -0.735. The van der Waals surface area contributed by atoms with Crippen molar-refractivity contribution in [2.45, 2.75) is 56.2 Å². The summed E-state index contributed by atoms with van der Waals surface area (Å²) in [6.45, 7) is -0.549. The molecule has 5 unspecified atom stereocenters. The zero-order valence-corrected chi connectivity index (χ0v) is 14.7. The number of carboxylic acid groups (broad SMARTS) is 1. The largest absolute Gasteiger partial charge is 0.481 e. The highest BCUT2D eigenvalue weighted by Crippen LogP contribution is 2.23. The number of carboxylic acids is 1. The Kier molecular flexibility index (Phi) is 7.69. The van der Waals surface area contributed by atoms with Crippen LogP contribution >= 0.6 is 0 Å². The van der Waals surface area contributed by atoms with Gasteiger partial charge in [0.1, 0.15) is 24.4 Å². The highest BCUT2D eigenvalue weighted by molar-refractivity contribution is 5.91. The number of aryl methyl sites for hydroxylation is 1. The van der Waals surface area contributed by atoms with Crippen LogP contribution in [0.15, 0.2) is 24.3 Å². The maximum atomic E-state index is 12.2. The van der Waals surface area contributed by atoms with E-state index >= 15 is 0 Å². The summed E-state index contributed by atoms with van der Waals surface area (Å²) in [5.74, 6) is -1.30. The number of aliphatic hydroxyl groups is 4. The van der Waals surface area contributed by atoms with Crippen molar-refractivity contribution in [3.63, 3.8) is 0 Å². The van der Waals surface area contributed by atoms with E-state index in [-0.39, 0.29) is 12.8 Å². The Morgan fingerprint density at radius 1 is 1.00 bits per heavy atom. The molecule has 0 aliphatic carbocycles. The molecule has 0 radical (unpaired) electrons. The Morgan fingerprint density at radius 3 is 2.22 bits per heavy atom. The minimum absolute atomic E-state index is 0.0948. The molecule has 6 N–H and O–H groups in total. The molecule has 0 spiro atoms. The molecule has 1 aliphatic rings. The van der Waals surface area contributed by atoms with Gasteiger partial charge in [0, 0.05) is 12.1 Å². The maximum absolute atomic E-state index is 12.2. The normalized spacial score (nSPS) is 27.9. The third-order valence-electron chi connectivity index (χ3n) is 4.47. The molecular formula is C18H25NO8. The number of nitrogens with one attached hydrogen (secondary N) is 1. The van der Waals surface area contributed by atoms with Gasteiger partial charge < -0.3 is 35.6 Å². The average Bonchev–Trinajstić information content (AvgIpc) is 2.63. The quantitative estimate of drug-likeness (QED) is 0.343. The molecule has 9 heteroatoms. The molecule has 0 bridgehead atoms. The number of benzene rings is 1.